The molecule has 7 nitrogen and oxygen atoms in total. The highest BCUT2D eigenvalue weighted by Gasteiger charge is 2.27. The number of unbranched alkanes of at least 4 members (excludes halogenated alkanes) is 4. The Balaban J connectivity index is 1.64. The fourth-order valence-corrected chi connectivity index (χ4v) is 4.04. The average Bonchev–Trinajstić information content (AvgIpc) is 3.36. The Hall–Kier alpha value is -2.67. The van der Waals surface area contributed by atoms with E-state index < -0.39 is 5.97 Å². The molecule has 0 unspecified atom stereocenters. The molecule has 1 saturated heterocycles. The molecular weight excluding hydrogens is 380 g/mol. The molecule has 7 heteroatoms. The van der Waals surface area contributed by atoms with Crippen LogP contribution in [0.1, 0.15) is 62.2 Å². The Bertz CT molecular complexity index is 1020. The number of para-hydroxylation sites is 2. The highest BCUT2D eigenvalue weighted by Crippen LogP contribution is 2.30. The predicted molar refractivity (Wildman–Crippen MR) is 117 cm³/mol. The number of nitrogen functional groups attached to an aromatic ring is 1. The van der Waals surface area contributed by atoms with Gasteiger partial charge < -0.3 is 19.8 Å². The summed E-state index contributed by atoms with van der Waals surface area (Å²) in [7, 11) is 0. The minimum atomic E-state index is -0.427. The number of hydrogen-bond acceptors (Lipinski definition) is 6. The first-order chi connectivity index (χ1) is 14.7. The SMILES string of the molecule is CCCCCCCOC(=O)c1c(N)n(C[C@@H]2CCCO2)c2nc3ccccc3nc12. The van der Waals surface area contributed by atoms with Gasteiger partial charge in [0.2, 0.25) is 0 Å². The molecule has 1 atom stereocenters. The Morgan fingerprint density at radius 3 is 2.70 bits per heavy atom. The summed E-state index contributed by atoms with van der Waals surface area (Å²) in [6.45, 7) is 3.88. The van der Waals surface area contributed by atoms with Crippen LogP contribution in [0.25, 0.3) is 22.2 Å². The van der Waals surface area contributed by atoms with Gasteiger partial charge in [0.1, 0.15) is 16.9 Å². The van der Waals surface area contributed by atoms with Crippen LogP contribution < -0.4 is 5.73 Å². The molecule has 1 aliphatic heterocycles. The molecule has 3 aromatic rings. The van der Waals surface area contributed by atoms with E-state index in [4.69, 9.17) is 25.2 Å². The van der Waals surface area contributed by atoms with E-state index in [9.17, 15) is 4.79 Å². The molecule has 0 spiro atoms. The van der Waals surface area contributed by atoms with E-state index in [0.29, 0.717) is 35.7 Å². The van der Waals surface area contributed by atoms with E-state index in [1.807, 2.05) is 28.8 Å². The van der Waals surface area contributed by atoms with Gasteiger partial charge in [-0.2, -0.15) is 0 Å². The summed E-state index contributed by atoms with van der Waals surface area (Å²) in [5.74, 6) is -0.0737. The maximum Gasteiger partial charge on any atom is 0.344 e. The fraction of sp³-hybridized carbons (Fsp3) is 0.522. The molecule has 160 valence electrons. The average molecular weight is 411 g/mol. The van der Waals surface area contributed by atoms with Gasteiger partial charge in [0.25, 0.3) is 0 Å². The van der Waals surface area contributed by atoms with Crippen molar-refractivity contribution in [1.29, 1.82) is 0 Å². The second-order valence-corrected chi connectivity index (χ2v) is 7.94. The first-order valence-corrected chi connectivity index (χ1v) is 11.0. The zero-order valence-electron chi connectivity index (χ0n) is 17.6. The monoisotopic (exact) mass is 410 g/mol. The van der Waals surface area contributed by atoms with Crippen LogP contribution in [-0.2, 0) is 16.0 Å². The molecule has 1 aromatic carbocycles. The lowest BCUT2D eigenvalue weighted by Crippen LogP contribution is -2.17. The van der Waals surface area contributed by atoms with Crippen molar-refractivity contribution >= 4 is 34.0 Å². The van der Waals surface area contributed by atoms with Crippen molar-refractivity contribution in [3.8, 4) is 0 Å². The molecule has 0 amide bonds. The minimum Gasteiger partial charge on any atom is -0.462 e. The zero-order valence-corrected chi connectivity index (χ0v) is 17.6. The van der Waals surface area contributed by atoms with Crippen LogP contribution in [0.15, 0.2) is 24.3 Å². The fourth-order valence-electron chi connectivity index (χ4n) is 4.04. The molecule has 0 aliphatic carbocycles. The third-order valence-electron chi connectivity index (χ3n) is 5.69. The Morgan fingerprint density at radius 2 is 1.97 bits per heavy atom. The van der Waals surface area contributed by atoms with Gasteiger partial charge in [0.15, 0.2) is 5.65 Å². The van der Waals surface area contributed by atoms with E-state index in [1.165, 1.54) is 12.8 Å². The van der Waals surface area contributed by atoms with Crippen molar-refractivity contribution in [3.63, 3.8) is 0 Å². The standard InChI is InChI=1S/C23H30N4O3/c1-2-3-4-5-8-13-30-23(28)19-20-22(26-18-12-7-6-11-17(18)25-20)27(21(19)24)15-16-10-9-14-29-16/h6-7,11-12,16H,2-5,8-10,13-15,24H2,1H3/t16-/m0/s1. The van der Waals surface area contributed by atoms with E-state index in [-0.39, 0.29) is 6.10 Å². The van der Waals surface area contributed by atoms with Crippen molar-refractivity contribution < 1.29 is 14.3 Å². The van der Waals surface area contributed by atoms with E-state index in [2.05, 4.69) is 6.92 Å². The molecule has 0 radical (unpaired) electrons. The number of esters is 1. The van der Waals surface area contributed by atoms with Crippen LogP contribution in [0.5, 0.6) is 0 Å². The molecule has 1 aliphatic rings. The first-order valence-electron chi connectivity index (χ1n) is 11.0. The normalized spacial score (nSPS) is 16.5. The van der Waals surface area contributed by atoms with E-state index >= 15 is 0 Å². The molecule has 2 aromatic heterocycles. The second-order valence-electron chi connectivity index (χ2n) is 7.94. The number of nitrogens with zero attached hydrogens (tertiary/aromatic N) is 3. The number of hydrogen-bond donors (Lipinski definition) is 1. The van der Waals surface area contributed by atoms with Gasteiger partial charge >= 0.3 is 5.97 Å². The van der Waals surface area contributed by atoms with Gasteiger partial charge in [-0.05, 0) is 31.4 Å². The van der Waals surface area contributed by atoms with Crippen molar-refractivity contribution in [1.82, 2.24) is 14.5 Å². The molecular formula is C23H30N4O3. The van der Waals surface area contributed by atoms with Crippen LogP contribution in [-0.4, -0.2) is 39.8 Å². The third-order valence-corrected chi connectivity index (χ3v) is 5.69. The Kier molecular flexibility index (Phi) is 6.47. The largest absolute Gasteiger partial charge is 0.462 e. The van der Waals surface area contributed by atoms with Gasteiger partial charge in [0, 0.05) is 6.61 Å². The smallest absolute Gasteiger partial charge is 0.344 e. The molecule has 1 fully saturated rings. The Morgan fingerprint density at radius 1 is 1.20 bits per heavy atom. The maximum atomic E-state index is 12.9. The number of anilines is 1. The van der Waals surface area contributed by atoms with Crippen LogP contribution >= 0.6 is 0 Å². The summed E-state index contributed by atoms with van der Waals surface area (Å²) >= 11 is 0. The third kappa shape index (κ3) is 4.26. The second kappa shape index (κ2) is 9.43. The summed E-state index contributed by atoms with van der Waals surface area (Å²) in [5.41, 5.74) is 9.38. The minimum absolute atomic E-state index is 0.0682. The zero-order chi connectivity index (χ0) is 20.9. The predicted octanol–water partition coefficient (Wildman–Crippen LogP) is 4.47. The van der Waals surface area contributed by atoms with Gasteiger partial charge in [0.05, 0.1) is 30.3 Å². The van der Waals surface area contributed by atoms with Crippen molar-refractivity contribution in [2.24, 2.45) is 0 Å². The van der Waals surface area contributed by atoms with Crippen LogP contribution in [0.3, 0.4) is 0 Å². The van der Waals surface area contributed by atoms with Crippen LogP contribution in [0.4, 0.5) is 5.82 Å². The quantitative estimate of drug-likeness (QED) is 0.413. The molecule has 2 N–H and O–H groups in total. The number of benzene rings is 1. The number of carbonyl (C=O) groups is 1. The molecule has 0 bridgehead atoms. The molecule has 0 saturated carbocycles. The lowest BCUT2D eigenvalue weighted by molar-refractivity contribution is 0.0500. The lowest BCUT2D eigenvalue weighted by atomic mass is 10.2. The summed E-state index contributed by atoms with van der Waals surface area (Å²) in [6.07, 6.45) is 7.54. The molecule has 4 rings (SSSR count). The number of nitrogens with two attached hydrogens (primary N) is 1. The van der Waals surface area contributed by atoms with E-state index in [1.54, 1.807) is 0 Å². The van der Waals surface area contributed by atoms with Gasteiger partial charge in [-0.15, -0.1) is 0 Å². The summed E-state index contributed by atoms with van der Waals surface area (Å²) in [6, 6.07) is 7.63. The highest BCUT2D eigenvalue weighted by molar-refractivity contribution is 6.08. The molecule has 3 heterocycles. The number of ether oxygens (including phenoxy) is 2. The van der Waals surface area contributed by atoms with Gasteiger partial charge in [-0.1, -0.05) is 44.7 Å². The van der Waals surface area contributed by atoms with E-state index in [0.717, 1.165) is 49.7 Å². The highest BCUT2D eigenvalue weighted by atomic mass is 16.5. The Labute approximate surface area is 176 Å². The number of aromatic nitrogens is 3. The summed E-state index contributed by atoms with van der Waals surface area (Å²) < 4.78 is 13.2. The maximum absolute atomic E-state index is 12.9. The summed E-state index contributed by atoms with van der Waals surface area (Å²) in [5, 5.41) is 0. The van der Waals surface area contributed by atoms with Crippen molar-refractivity contribution in [2.75, 3.05) is 18.9 Å². The summed E-state index contributed by atoms with van der Waals surface area (Å²) in [4.78, 5) is 22.4. The van der Waals surface area contributed by atoms with Crippen LogP contribution in [0.2, 0.25) is 0 Å². The number of rotatable bonds is 9. The van der Waals surface area contributed by atoms with Crippen molar-refractivity contribution in [2.45, 2.75) is 64.5 Å². The number of carbonyl (C=O) groups excluding carboxylic acids is 1. The molecule has 30 heavy (non-hydrogen) atoms. The first kappa shape index (κ1) is 20.6. The van der Waals surface area contributed by atoms with Gasteiger partial charge in [-0.25, -0.2) is 14.8 Å². The van der Waals surface area contributed by atoms with Crippen molar-refractivity contribution in [3.05, 3.63) is 29.8 Å². The lowest BCUT2D eigenvalue weighted by Gasteiger charge is -2.13. The van der Waals surface area contributed by atoms with Gasteiger partial charge in [-0.3, -0.25) is 0 Å². The topological polar surface area (TPSA) is 92.3 Å². The van der Waals surface area contributed by atoms with Crippen LogP contribution in [0, 0.1) is 0 Å². The number of fused-ring (bicyclic) bond motifs is 2.